The number of nitrogens with zero attached hydrogens (tertiary/aromatic N) is 1. The first-order valence-corrected chi connectivity index (χ1v) is 10.0. The minimum atomic E-state index is -0.260. The first-order valence-electron chi connectivity index (χ1n) is 9.22. The highest BCUT2D eigenvalue weighted by molar-refractivity contribution is 9.10. The summed E-state index contributed by atoms with van der Waals surface area (Å²) in [6.45, 7) is 1.98. The quantitative estimate of drug-likeness (QED) is 0.353. The van der Waals surface area contributed by atoms with Crippen molar-refractivity contribution >= 4 is 39.7 Å². The molecule has 0 aliphatic rings. The summed E-state index contributed by atoms with van der Waals surface area (Å²) in [4.78, 5) is 12.5. The Balaban J connectivity index is 1.80. The van der Waals surface area contributed by atoms with Crippen LogP contribution in [-0.4, -0.2) is 11.6 Å². The fourth-order valence-electron chi connectivity index (χ4n) is 2.54. The minimum absolute atomic E-state index is 0.260. The number of nitrogens with one attached hydrogen (secondary N) is 1. The molecule has 3 aromatic rings. The zero-order valence-corrected chi connectivity index (χ0v) is 17.6. The Kier molecular flexibility index (Phi) is 7.31. The molecule has 0 aromatic heterocycles. The standard InChI is InChI=1S/C25H21BrN2O/c1-19-12-15-22(18-24(19)26)25(29)28-27-23(16-13-20-8-4-2-5-9-20)17-14-21-10-6-3-7-11-21/h2-18H,1H3,(H,28,29)/b16-13+,17-14+. The lowest BCUT2D eigenvalue weighted by atomic mass is 10.1. The Labute approximate surface area is 179 Å². The van der Waals surface area contributed by atoms with Gasteiger partial charge in [0.25, 0.3) is 5.91 Å². The van der Waals surface area contributed by atoms with Crippen molar-refractivity contribution in [2.75, 3.05) is 0 Å². The number of hydrogen-bond donors (Lipinski definition) is 1. The van der Waals surface area contributed by atoms with E-state index in [4.69, 9.17) is 0 Å². The third-order valence-corrected chi connectivity index (χ3v) is 5.07. The van der Waals surface area contributed by atoms with Crippen LogP contribution in [0, 0.1) is 6.92 Å². The van der Waals surface area contributed by atoms with E-state index in [9.17, 15) is 4.79 Å². The van der Waals surface area contributed by atoms with Gasteiger partial charge in [-0.25, -0.2) is 5.43 Å². The third kappa shape index (κ3) is 6.40. The van der Waals surface area contributed by atoms with Crippen LogP contribution < -0.4 is 5.43 Å². The van der Waals surface area contributed by atoms with Gasteiger partial charge in [0.05, 0.1) is 5.71 Å². The molecule has 0 spiro atoms. The second kappa shape index (κ2) is 10.3. The average molecular weight is 445 g/mol. The van der Waals surface area contributed by atoms with Gasteiger partial charge < -0.3 is 0 Å². The van der Waals surface area contributed by atoms with Gasteiger partial charge in [0.1, 0.15) is 0 Å². The summed E-state index contributed by atoms with van der Waals surface area (Å²) in [5.74, 6) is -0.260. The minimum Gasteiger partial charge on any atom is -0.267 e. The first kappa shape index (κ1) is 20.5. The number of amides is 1. The van der Waals surface area contributed by atoms with E-state index >= 15 is 0 Å². The number of carbonyl (C=O) groups is 1. The van der Waals surface area contributed by atoms with Gasteiger partial charge in [0.15, 0.2) is 0 Å². The zero-order valence-electron chi connectivity index (χ0n) is 16.0. The Hall–Kier alpha value is -3.24. The molecule has 0 heterocycles. The van der Waals surface area contributed by atoms with E-state index < -0.39 is 0 Å². The first-order chi connectivity index (χ1) is 14.1. The predicted octanol–water partition coefficient (Wildman–Crippen LogP) is 6.27. The molecule has 4 heteroatoms. The van der Waals surface area contributed by atoms with Crippen LogP contribution in [0.4, 0.5) is 0 Å². The van der Waals surface area contributed by atoms with Crippen LogP contribution >= 0.6 is 15.9 Å². The highest BCUT2D eigenvalue weighted by Crippen LogP contribution is 2.17. The molecule has 0 radical (unpaired) electrons. The van der Waals surface area contributed by atoms with Gasteiger partial charge in [-0.05, 0) is 47.9 Å². The maximum Gasteiger partial charge on any atom is 0.271 e. The number of carbonyl (C=O) groups excluding carboxylic acids is 1. The molecular formula is C25H21BrN2O. The lowest BCUT2D eigenvalue weighted by Gasteiger charge is -2.04. The fraction of sp³-hybridized carbons (Fsp3) is 0.0400. The molecule has 0 saturated carbocycles. The van der Waals surface area contributed by atoms with E-state index in [1.807, 2.05) is 98.0 Å². The third-order valence-electron chi connectivity index (χ3n) is 4.21. The summed E-state index contributed by atoms with van der Waals surface area (Å²) < 4.78 is 0.891. The number of rotatable bonds is 6. The summed E-state index contributed by atoms with van der Waals surface area (Å²) in [7, 11) is 0. The lowest BCUT2D eigenvalue weighted by molar-refractivity contribution is 0.0955. The highest BCUT2D eigenvalue weighted by Gasteiger charge is 2.06. The van der Waals surface area contributed by atoms with Crippen molar-refractivity contribution in [2.45, 2.75) is 6.92 Å². The van der Waals surface area contributed by atoms with Crippen molar-refractivity contribution in [3.8, 4) is 0 Å². The summed E-state index contributed by atoms with van der Waals surface area (Å²) in [5.41, 5.74) is 7.01. The molecule has 0 atom stereocenters. The molecule has 0 fully saturated rings. The van der Waals surface area contributed by atoms with Gasteiger partial charge in [-0.2, -0.15) is 5.10 Å². The van der Waals surface area contributed by atoms with Crippen LogP contribution in [0.25, 0.3) is 12.2 Å². The zero-order chi connectivity index (χ0) is 20.5. The second-order valence-corrected chi connectivity index (χ2v) is 7.28. The Morgan fingerprint density at radius 2 is 1.41 bits per heavy atom. The number of aryl methyl sites for hydroxylation is 1. The Bertz CT molecular complexity index is 1000. The molecule has 0 unspecified atom stereocenters. The Morgan fingerprint density at radius 3 is 1.93 bits per heavy atom. The van der Waals surface area contributed by atoms with Crippen molar-refractivity contribution < 1.29 is 4.79 Å². The van der Waals surface area contributed by atoms with Crippen molar-refractivity contribution in [3.63, 3.8) is 0 Å². The molecule has 1 N–H and O–H groups in total. The SMILES string of the molecule is Cc1ccc(C(=O)NN=C(/C=C/c2ccccc2)/C=C/c2ccccc2)cc1Br. The van der Waals surface area contributed by atoms with E-state index in [0.29, 0.717) is 11.3 Å². The summed E-state index contributed by atoms with van der Waals surface area (Å²) >= 11 is 3.46. The van der Waals surface area contributed by atoms with Gasteiger partial charge in [-0.3, -0.25) is 4.79 Å². The van der Waals surface area contributed by atoms with E-state index in [1.54, 1.807) is 12.1 Å². The van der Waals surface area contributed by atoms with Crippen LogP contribution in [0.3, 0.4) is 0 Å². The van der Waals surface area contributed by atoms with Crippen molar-refractivity contribution in [1.82, 2.24) is 5.43 Å². The molecule has 3 aromatic carbocycles. The fourth-order valence-corrected chi connectivity index (χ4v) is 2.91. The maximum atomic E-state index is 12.5. The normalized spacial score (nSPS) is 11.0. The van der Waals surface area contributed by atoms with Crippen molar-refractivity contribution in [1.29, 1.82) is 0 Å². The van der Waals surface area contributed by atoms with Gasteiger partial charge in [0, 0.05) is 10.0 Å². The summed E-state index contributed by atoms with van der Waals surface area (Å²) in [5, 5.41) is 4.31. The smallest absolute Gasteiger partial charge is 0.267 e. The molecule has 3 rings (SSSR count). The number of hydrogen-bond acceptors (Lipinski definition) is 2. The average Bonchev–Trinajstić information content (AvgIpc) is 2.76. The number of hydrazone groups is 1. The predicted molar refractivity (Wildman–Crippen MR) is 125 cm³/mol. The molecule has 29 heavy (non-hydrogen) atoms. The summed E-state index contributed by atoms with van der Waals surface area (Å²) in [6.07, 6.45) is 7.67. The van der Waals surface area contributed by atoms with Crippen LogP contribution in [-0.2, 0) is 0 Å². The topological polar surface area (TPSA) is 41.5 Å². The second-order valence-electron chi connectivity index (χ2n) is 6.43. The maximum absolute atomic E-state index is 12.5. The van der Waals surface area contributed by atoms with Gasteiger partial charge in [-0.1, -0.05) is 94.8 Å². The van der Waals surface area contributed by atoms with Gasteiger partial charge in [-0.15, -0.1) is 0 Å². The number of benzene rings is 3. The van der Waals surface area contributed by atoms with Crippen LogP contribution in [0.15, 0.2) is 101 Å². The molecule has 3 nitrogen and oxygen atoms in total. The molecule has 144 valence electrons. The molecule has 0 saturated heterocycles. The summed E-state index contributed by atoms with van der Waals surface area (Å²) in [6, 6.07) is 25.4. The lowest BCUT2D eigenvalue weighted by Crippen LogP contribution is -2.19. The highest BCUT2D eigenvalue weighted by atomic mass is 79.9. The number of halogens is 1. The number of allylic oxidation sites excluding steroid dienone is 2. The largest absolute Gasteiger partial charge is 0.271 e. The van der Waals surface area contributed by atoms with Crippen LogP contribution in [0.1, 0.15) is 27.0 Å². The molecule has 0 aliphatic heterocycles. The van der Waals surface area contributed by atoms with E-state index in [1.165, 1.54) is 0 Å². The van der Waals surface area contributed by atoms with E-state index in [2.05, 4.69) is 26.5 Å². The van der Waals surface area contributed by atoms with Crippen molar-refractivity contribution in [3.05, 3.63) is 118 Å². The Morgan fingerprint density at radius 1 is 0.862 bits per heavy atom. The monoisotopic (exact) mass is 444 g/mol. The van der Waals surface area contributed by atoms with Crippen LogP contribution in [0.5, 0.6) is 0 Å². The van der Waals surface area contributed by atoms with E-state index in [-0.39, 0.29) is 5.91 Å². The van der Waals surface area contributed by atoms with Crippen molar-refractivity contribution in [2.24, 2.45) is 5.10 Å². The molecule has 0 bridgehead atoms. The van der Waals surface area contributed by atoms with Crippen LogP contribution in [0.2, 0.25) is 0 Å². The van der Waals surface area contributed by atoms with Gasteiger partial charge in [0.2, 0.25) is 0 Å². The molecule has 1 amide bonds. The van der Waals surface area contributed by atoms with Gasteiger partial charge >= 0.3 is 0 Å². The molecular weight excluding hydrogens is 424 g/mol. The van der Waals surface area contributed by atoms with E-state index in [0.717, 1.165) is 21.2 Å². The molecule has 0 aliphatic carbocycles.